The minimum atomic E-state index is 0.897. The van der Waals surface area contributed by atoms with E-state index < -0.39 is 0 Å². The smallest absolute Gasteiger partial charge is 0.147 e. The van der Waals surface area contributed by atoms with Crippen molar-refractivity contribution in [2.75, 3.05) is 0 Å². The van der Waals surface area contributed by atoms with Gasteiger partial charge in [0.25, 0.3) is 0 Å². The maximum atomic E-state index is 4.38. The van der Waals surface area contributed by atoms with Gasteiger partial charge in [0.1, 0.15) is 11.6 Å². The van der Waals surface area contributed by atoms with E-state index in [4.69, 9.17) is 0 Å². The molecule has 0 radical (unpaired) electrons. The van der Waals surface area contributed by atoms with Gasteiger partial charge in [-0.3, -0.25) is 4.68 Å². The van der Waals surface area contributed by atoms with Crippen molar-refractivity contribution in [3.63, 3.8) is 0 Å². The molecule has 3 nitrogen and oxygen atoms in total. The lowest BCUT2D eigenvalue weighted by atomic mass is 10.0. The van der Waals surface area contributed by atoms with Gasteiger partial charge in [-0.05, 0) is 32.6 Å². The first-order valence-corrected chi connectivity index (χ1v) is 6.14. The summed E-state index contributed by atoms with van der Waals surface area (Å²) in [5, 5.41) is 4.38. The van der Waals surface area contributed by atoms with Gasteiger partial charge in [0.05, 0.1) is 0 Å². The third-order valence-electron chi connectivity index (χ3n) is 3.42. The topological polar surface area (TPSA) is 30.7 Å². The highest BCUT2D eigenvalue weighted by Gasteiger charge is 2.14. The summed E-state index contributed by atoms with van der Waals surface area (Å²) in [5.41, 5.74) is 0. The van der Waals surface area contributed by atoms with Crippen LogP contribution in [0, 0.1) is 19.8 Å². The van der Waals surface area contributed by atoms with Crippen LogP contribution in [0.25, 0.3) is 0 Å². The van der Waals surface area contributed by atoms with E-state index in [1.165, 1.54) is 38.5 Å². The van der Waals surface area contributed by atoms with Crippen LogP contribution in [0.15, 0.2) is 0 Å². The minimum Gasteiger partial charge on any atom is -0.250 e. The highest BCUT2D eigenvalue weighted by molar-refractivity contribution is 4.87. The van der Waals surface area contributed by atoms with E-state index >= 15 is 0 Å². The lowest BCUT2D eigenvalue weighted by Crippen LogP contribution is -2.04. The summed E-state index contributed by atoms with van der Waals surface area (Å²) in [6.45, 7) is 5.04. The molecule has 1 aromatic rings. The quantitative estimate of drug-likeness (QED) is 0.760. The van der Waals surface area contributed by atoms with Crippen molar-refractivity contribution in [3.8, 4) is 0 Å². The molecule has 2 rings (SSSR count). The van der Waals surface area contributed by atoms with Gasteiger partial charge in [-0.25, -0.2) is 4.98 Å². The molecule has 0 bridgehead atoms. The summed E-state index contributed by atoms with van der Waals surface area (Å²) in [6, 6.07) is 0. The van der Waals surface area contributed by atoms with Gasteiger partial charge in [-0.1, -0.05) is 25.7 Å². The second-order valence-electron chi connectivity index (χ2n) is 4.72. The van der Waals surface area contributed by atoms with E-state index in [2.05, 4.69) is 10.1 Å². The zero-order valence-corrected chi connectivity index (χ0v) is 9.87. The number of aryl methyl sites for hydroxylation is 3. The number of rotatable bonds is 4. The van der Waals surface area contributed by atoms with Crippen molar-refractivity contribution in [1.82, 2.24) is 14.8 Å². The van der Waals surface area contributed by atoms with Gasteiger partial charge < -0.3 is 0 Å². The predicted molar refractivity (Wildman–Crippen MR) is 60.7 cm³/mol. The Kier molecular flexibility index (Phi) is 3.39. The molecule has 1 aliphatic carbocycles. The van der Waals surface area contributed by atoms with Gasteiger partial charge in [0.15, 0.2) is 0 Å². The molecular weight excluding hydrogens is 186 g/mol. The van der Waals surface area contributed by atoms with Crippen LogP contribution in [0.3, 0.4) is 0 Å². The highest BCUT2D eigenvalue weighted by atomic mass is 15.3. The molecule has 1 saturated carbocycles. The van der Waals surface area contributed by atoms with E-state index in [0.29, 0.717) is 0 Å². The molecule has 0 N–H and O–H groups in total. The number of hydrogen-bond donors (Lipinski definition) is 0. The summed E-state index contributed by atoms with van der Waals surface area (Å²) in [4.78, 5) is 4.31. The standard InChI is InChI=1S/C12H21N3/c1-10-13-11(2)15(14-10)9-5-8-12-6-3-4-7-12/h12H,3-9H2,1-2H3. The van der Waals surface area contributed by atoms with Crippen LogP contribution >= 0.6 is 0 Å². The second kappa shape index (κ2) is 4.77. The average Bonchev–Trinajstić information content (AvgIpc) is 2.77. The Bertz CT molecular complexity index is 311. The SMILES string of the molecule is Cc1nc(C)n(CCCC2CCCC2)n1. The maximum Gasteiger partial charge on any atom is 0.147 e. The van der Waals surface area contributed by atoms with Crippen LogP contribution in [-0.2, 0) is 6.54 Å². The van der Waals surface area contributed by atoms with Crippen LogP contribution < -0.4 is 0 Å². The van der Waals surface area contributed by atoms with Crippen LogP contribution in [0.5, 0.6) is 0 Å². The fraction of sp³-hybridized carbons (Fsp3) is 0.833. The zero-order chi connectivity index (χ0) is 10.7. The first-order valence-electron chi connectivity index (χ1n) is 6.14. The molecule has 0 amide bonds. The van der Waals surface area contributed by atoms with E-state index in [1.54, 1.807) is 0 Å². The van der Waals surface area contributed by atoms with Crippen molar-refractivity contribution in [2.24, 2.45) is 5.92 Å². The third kappa shape index (κ3) is 2.80. The van der Waals surface area contributed by atoms with Gasteiger partial charge in [-0.2, -0.15) is 5.10 Å². The number of hydrogen-bond acceptors (Lipinski definition) is 2. The Morgan fingerprint density at radius 2 is 2.00 bits per heavy atom. The molecule has 1 heterocycles. The van der Waals surface area contributed by atoms with Gasteiger partial charge in [0, 0.05) is 6.54 Å². The molecule has 0 aliphatic heterocycles. The molecule has 1 fully saturated rings. The Balaban J connectivity index is 1.75. The molecular formula is C12H21N3. The Morgan fingerprint density at radius 1 is 1.27 bits per heavy atom. The van der Waals surface area contributed by atoms with E-state index in [0.717, 1.165) is 24.1 Å². The summed E-state index contributed by atoms with van der Waals surface area (Å²) >= 11 is 0. The fourth-order valence-corrected chi connectivity index (χ4v) is 2.60. The van der Waals surface area contributed by atoms with Gasteiger partial charge in [0.2, 0.25) is 0 Å². The summed E-state index contributed by atoms with van der Waals surface area (Å²) < 4.78 is 2.05. The van der Waals surface area contributed by atoms with Crippen molar-refractivity contribution in [1.29, 1.82) is 0 Å². The summed E-state index contributed by atoms with van der Waals surface area (Å²) in [7, 11) is 0. The molecule has 0 unspecified atom stereocenters. The molecule has 1 aromatic heterocycles. The number of nitrogens with zero attached hydrogens (tertiary/aromatic N) is 3. The Labute approximate surface area is 91.9 Å². The lowest BCUT2D eigenvalue weighted by molar-refractivity contribution is 0.442. The van der Waals surface area contributed by atoms with Crippen molar-refractivity contribution in [2.45, 2.75) is 58.9 Å². The Morgan fingerprint density at radius 3 is 2.60 bits per heavy atom. The van der Waals surface area contributed by atoms with Gasteiger partial charge >= 0.3 is 0 Å². The minimum absolute atomic E-state index is 0.897. The monoisotopic (exact) mass is 207 g/mol. The molecule has 15 heavy (non-hydrogen) atoms. The molecule has 3 heteroatoms. The van der Waals surface area contributed by atoms with Crippen molar-refractivity contribution >= 4 is 0 Å². The normalized spacial score (nSPS) is 17.5. The van der Waals surface area contributed by atoms with E-state index in [-0.39, 0.29) is 0 Å². The third-order valence-corrected chi connectivity index (χ3v) is 3.42. The van der Waals surface area contributed by atoms with Crippen molar-refractivity contribution < 1.29 is 0 Å². The lowest BCUT2D eigenvalue weighted by Gasteiger charge is -2.08. The van der Waals surface area contributed by atoms with E-state index in [9.17, 15) is 0 Å². The molecule has 0 aromatic carbocycles. The predicted octanol–water partition coefficient (Wildman–Crippen LogP) is 2.87. The Hall–Kier alpha value is -0.860. The maximum absolute atomic E-state index is 4.38. The highest BCUT2D eigenvalue weighted by Crippen LogP contribution is 2.28. The second-order valence-corrected chi connectivity index (χ2v) is 4.72. The fourth-order valence-electron chi connectivity index (χ4n) is 2.60. The molecule has 0 spiro atoms. The first kappa shape index (κ1) is 10.7. The largest absolute Gasteiger partial charge is 0.250 e. The van der Waals surface area contributed by atoms with Crippen LogP contribution in [0.2, 0.25) is 0 Å². The molecule has 84 valence electrons. The first-order chi connectivity index (χ1) is 7.25. The molecule has 1 aliphatic rings. The zero-order valence-electron chi connectivity index (χ0n) is 9.87. The van der Waals surface area contributed by atoms with Crippen LogP contribution in [0.1, 0.15) is 50.2 Å². The van der Waals surface area contributed by atoms with Crippen LogP contribution in [0.4, 0.5) is 0 Å². The molecule has 0 atom stereocenters. The van der Waals surface area contributed by atoms with Gasteiger partial charge in [-0.15, -0.1) is 0 Å². The molecule has 0 saturated heterocycles. The average molecular weight is 207 g/mol. The summed E-state index contributed by atoms with van der Waals surface area (Å²) in [6.07, 6.45) is 8.44. The van der Waals surface area contributed by atoms with Crippen molar-refractivity contribution in [3.05, 3.63) is 11.6 Å². The van der Waals surface area contributed by atoms with Crippen LogP contribution in [-0.4, -0.2) is 14.8 Å². The van der Waals surface area contributed by atoms with E-state index in [1.807, 2.05) is 18.5 Å². The number of aromatic nitrogens is 3. The summed E-state index contributed by atoms with van der Waals surface area (Å²) in [5.74, 6) is 2.95.